The summed E-state index contributed by atoms with van der Waals surface area (Å²) >= 11 is 0. The van der Waals surface area contributed by atoms with E-state index < -0.39 is 0 Å². The van der Waals surface area contributed by atoms with E-state index in [0.717, 1.165) is 17.8 Å². The van der Waals surface area contributed by atoms with Gasteiger partial charge in [-0.15, -0.1) is 0 Å². The van der Waals surface area contributed by atoms with Crippen molar-refractivity contribution in [2.75, 3.05) is 4.90 Å². The Morgan fingerprint density at radius 2 is 1.05 bits per heavy atom. The molecule has 2 rings (SSSR count). The van der Waals surface area contributed by atoms with Gasteiger partial charge in [-0.05, 0) is 47.2 Å². The summed E-state index contributed by atoms with van der Waals surface area (Å²) in [5.74, 6) is 0.989. The molecule has 0 atom stereocenters. The maximum Gasteiger partial charge on any atom is 0.218 e. The Labute approximate surface area is 127 Å². The molecule has 0 saturated carbocycles. The Balaban J connectivity index is 2.28. The minimum Gasteiger partial charge on any atom is -0.284 e. The van der Waals surface area contributed by atoms with Gasteiger partial charge in [-0.2, -0.15) is 0 Å². The zero-order chi connectivity index (χ0) is 15.4. The fourth-order valence-electron chi connectivity index (χ4n) is 2.31. The van der Waals surface area contributed by atoms with Gasteiger partial charge in [-0.1, -0.05) is 52.0 Å². The Kier molecular flexibility index (Phi) is 4.79. The highest BCUT2D eigenvalue weighted by Crippen LogP contribution is 2.27. The third-order valence-electron chi connectivity index (χ3n) is 3.78. The molecule has 1 amide bonds. The molecular formula is C19H23NO. The molecule has 0 radical (unpaired) electrons. The van der Waals surface area contributed by atoms with E-state index in [1.807, 2.05) is 24.3 Å². The molecule has 2 aromatic rings. The molecule has 21 heavy (non-hydrogen) atoms. The van der Waals surface area contributed by atoms with Crippen LogP contribution in [0.15, 0.2) is 48.5 Å². The number of anilines is 2. The van der Waals surface area contributed by atoms with Crippen molar-refractivity contribution in [1.82, 2.24) is 0 Å². The number of carbonyl (C=O) groups is 1. The van der Waals surface area contributed by atoms with Crippen LogP contribution in [0, 0.1) is 0 Å². The van der Waals surface area contributed by atoms with Crippen molar-refractivity contribution in [2.45, 2.75) is 39.5 Å². The zero-order valence-electron chi connectivity index (χ0n) is 13.2. The molecule has 0 saturated heterocycles. The van der Waals surface area contributed by atoms with Gasteiger partial charge < -0.3 is 0 Å². The third-order valence-corrected chi connectivity index (χ3v) is 3.78. The number of amides is 1. The molecule has 2 aromatic carbocycles. The lowest BCUT2D eigenvalue weighted by atomic mass is 10.0. The Hall–Kier alpha value is -2.09. The van der Waals surface area contributed by atoms with Crippen molar-refractivity contribution in [3.05, 3.63) is 59.7 Å². The van der Waals surface area contributed by atoms with E-state index in [-0.39, 0.29) is 0 Å². The van der Waals surface area contributed by atoms with Gasteiger partial charge in [0.2, 0.25) is 6.41 Å². The summed E-state index contributed by atoms with van der Waals surface area (Å²) in [5.41, 5.74) is 4.35. The highest BCUT2D eigenvalue weighted by atomic mass is 16.1. The number of nitrogens with zero attached hydrogens (tertiary/aromatic N) is 1. The van der Waals surface area contributed by atoms with Gasteiger partial charge in [0.15, 0.2) is 0 Å². The number of benzene rings is 2. The largest absolute Gasteiger partial charge is 0.284 e. The smallest absolute Gasteiger partial charge is 0.218 e. The van der Waals surface area contributed by atoms with E-state index in [1.54, 1.807) is 4.90 Å². The predicted molar refractivity (Wildman–Crippen MR) is 89.3 cm³/mol. The first kappa shape index (κ1) is 15.3. The van der Waals surface area contributed by atoms with E-state index >= 15 is 0 Å². The van der Waals surface area contributed by atoms with Crippen LogP contribution in [-0.2, 0) is 4.79 Å². The summed E-state index contributed by atoms with van der Waals surface area (Å²) in [7, 11) is 0. The topological polar surface area (TPSA) is 20.3 Å². The van der Waals surface area contributed by atoms with E-state index in [4.69, 9.17) is 0 Å². The summed E-state index contributed by atoms with van der Waals surface area (Å²) in [6.45, 7) is 8.66. The zero-order valence-corrected chi connectivity index (χ0v) is 13.2. The maximum atomic E-state index is 11.5. The SMILES string of the molecule is CC(C)c1ccc(N(C=O)c2ccc(C(C)C)cc2)cc1. The molecule has 0 aromatic heterocycles. The predicted octanol–water partition coefficient (Wildman–Crippen LogP) is 5.23. The molecule has 0 aliphatic heterocycles. The van der Waals surface area contributed by atoms with Crippen LogP contribution in [0.25, 0.3) is 0 Å². The van der Waals surface area contributed by atoms with Crippen molar-refractivity contribution in [3.63, 3.8) is 0 Å². The average Bonchev–Trinajstić information content (AvgIpc) is 2.49. The molecule has 0 aliphatic carbocycles. The average molecular weight is 281 g/mol. The van der Waals surface area contributed by atoms with Crippen LogP contribution in [-0.4, -0.2) is 6.41 Å². The molecule has 0 heterocycles. The number of rotatable bonds is 5. The lowest BCUT2D eigenvalue weighted by Crippen LogP contribution is -2.14. The molecule has 0 fully saturated rings. The normalized spacial score (nSPS) is 11.0. The monoisotopic (exact) mass is 281 g/mol. The van der Waals surface area contributed by atoms with Crippen LogP contribution in [0.5, 0.6) is 0 Å². The van der Waals surface area contributed by atoms with E-state index in [0.29, 0.717) is 11.8 Å². The second kappa shape index (κ2) is 6.57. The maximum absolute atomic E-state index is 11.5. The van der Waals surface area contributed by atoms with Gasteiger partial charge in [-0.3, -0.25) is 9.69 Å². The summed E-state index contributed by atoms with van der Waals surface area (Å²) in [6, 6.07) is 16.3. The van der Waals surface area contributed by atoms with Crippen LogP contribution in [0.1, 0.15) is 50.7 Å². The van der Waals surface area contributed by atoms with Crippen LogP contribution in [0.3, 0.4) is 0 Å². The van der Waals surface area contributed by atoms with E-state index in [2.05, 4.69) is 52.0 Å². The molecule has 0 aliphatic rings. The standard InChI is InChI=1S/C19H23NO/c1-14(2)16-5-9-18(10-6-16)20(13-21)19-11-7-17(8-12-19)15(3)4/h5-15H,1-4H3. The van der Waals surface area contributed by atoms with Crippen LogP contribution < -0.4 is 4.90 Å². The summed E-state index contributed by atoms with van der Waals surface area (Å²) in [5, 5.41) is 0. The van der Waals surface area contributed by atoms with Gasteiger partial charge in [0.05, 0.1) is 0 Å². The minimum atomic E-state index is 0.494. The van der Waals surface area contributed by atoms with Crippen LogP contribution in [0.2, 0.25) is 0 Å². The Morgan fingerprint density at radius 1 is 0.714 bits per heavy atom. The lowest BCUT2D eigenvalue weighted by molar-refractivity contribution is -0.106. The van der Waals surface area contributed by atoms with Crippen LogP contribution >= 0.6 is 0 Å². The molecule has 0 bridgehead atoms. The third kappa shape index (κ3) is 3.52. The molecule has 2 heteroatoms. The van der Waals surface area contributed by atoms with Crippen molar-refractivity contribution in [3.8, 4) is 0 Å². The van der Waals surface area contributed by atoms with E-state index in [1.165, 1.54) is 11.1 Å². The van der Waals surface area contributed by atoms with Crippen LogP contribution in [0.4, 0.5) is 11.4 Å². The first-order valence-electron chi connectivity index (χ1n) is 7.47. The van der Waals surface area contributed by atoms with Gasteiger partial charge in [-0.25, -0.2) is 0 Å². The highest BCUT2D eigenvalue weighted by Gasteiger charge is 2.09. The van der Waals surface area contributed by atoms with Gasteiger partial charge >= 0.3 is 0 Å². The first-order chi connectivity index (χ1) is 10.0. The number of carbonyl (C=O) groups excluding carboxylic acids is 1. The number of hydrogen-bond acceptors (Lipinski definition) is 1. The lowest BCUT2D eigenvalue weighted by Gasteiger charge is -2.19. The fraction of sp³-hybridized carbons (Fsp3) is 0.316. The van der Waals surface area contributed by atoms with E-state index in [9.17, 15) is 4.79 Å². The first-order valence-corrected chi connectivity index (χ1v) is 7.47. The second-order valence-electron chi connectivity index (χ2n) is 5.97. The summed E-state index contributed by atoms with van der Waals surface area (Å²) in [4.78, 5) is 13.1. The van der Waals surface area contributed by atoms with Crippen molar-refractivity contribution >= 4 is 17.8 Å². The summed E-state index contributed by atoms with van der Waals surface area (Å²) in [6.07, 6.45) is 0.870. The summed E-state index contributed by atoms with van der Waals surface area (Å²) < 4.78 is 0. The molecule has 2 nitrogen and oxygen atoms in total. The molecule has 110 valence electrons. The molecule has 0 unspecified atom stereocenters. The second-order valence-corrected chi connectivity index (χ2v) is 5.97. The van der Waals surface area contributed by atoms with Crippen molar-refractivity contribution in [1.29, 1.82) is 0 Å². The fourth-order valence-corrected chi connectivity index (χ4v) is 2.31. The minimum absolute atomic E-state index is 0.494. The van der Waals surface area contributed by atoms with Gasteiger partial charge in [0, 0.05) is 11.4 Å². The highest BCUT2D eigenvalue weighted by molar-refractivity contribution is 5.86. The Bertz CT molecular complexity index is 530. The molecule has 0 N–H and O–H groups in total. The quantitative estimate of drug-likeness (QED) is 0.687. The Morgan fingerprint density at radius 3 is 1.29 bits per heavy atom. The van der Waals surface area contributed by atoms with Gasteiger partial charge in [0.25, 0.3) is 0 Å². The van der Waals surface area contributed by atoms with Gasteiger partial charge in [0.1, 0.15) is 0 Å². The number of hydrogen-bond donors (Lipinski definition) is 0. The van der Waals surface area contributed by atoms with Crippen molar-refractivity contribution < 1.29 is 4.79 Å². The molecular weight excluding hydrogens is 258 g/mol. The van der Waals surface area contributed by atoms with Crippen molar-refractivity contribution in [2.24, 2.45) is 0 Å². The molecule has 0 spiro atoms.